The Morgan fingerprint density at radius 2 is 2.18 bits per heavy atom. The van der Waals surface area contributed by atoms with Crippen LogP contribution >= 0.6 is 11.6 Å². The molecule has 1 aliphatic heterocycles. The number of imidazole rings is 1. The van der Waals surface area contributed by atoms with Crippen molar-refractivity contribution in [1.82, 2.24) is 19.4 Å². The van der Waals surface area contributed by atoms with Crippen LogP contribution in [0.5, 0.6) is 0 Å². The van der Waals surface area contributed by atoms with Crippen LogP contribution in [0.1, 0.15) is 38.1 Å². The number of rotatable bonds is 3. The fourth-order valence-corrected chi connectivity index (χ4v) is 3.89. The zero-order chi connectivity index (χ0) is 19.8. The van der Waals surface area contributed by atoms with E-state index in [-0.39, 0.29) is 23.7 Å². The summed E-state index contributed by atoms with van der Waals surface area (Å²) in [5, 5.41) is 2.92. The van der Waals surface area contributed by atoms with Crippen LogP contribution in [0.4, 0.5) is 14.9 Å². The second-order valence-electron chi connectivity index (χ2n) is 7.28. The summed E-state index contributed by atoms with van der Waals surface area (Å²) in [6.07, 6.45) is 4.37. The van der Waals surface area contributed by atoms with E-state index in [2.05, 4.69) is 28.7 Å². The minimum absolute atomic E-state index is 0.121. The molecule has 2 aromatic heterocycles. The molecule has 8 heteroatoms. The number of hydrogen-bond acceptors (Lipinski definition) is 3. The topological polar surface area (TPSA) is 63.1 Å². The van der Waals surface area contributed by atoms with E-state index in [1.54, 1.807) is 17.2 Å². The van der Waals surface area contributed by atoms with Gasteiger partial charge in [-0.25, -0.2) is 14.2 Å². The SMILES string of the molecule is CC(C)n1c([C@H]2CCN(C(=O)Nc3ccc(Cl)cc3F)C2)nc2ccncc21. The van der Waals surface area contributed by atoms with Crippen LogP contribution in [0.3, 0.4) is 0 Å². The molecule has 0 radical (unpaired) electrons. The quantitative estimate of drug-likeness (QED) is 0.683. The van der Waals surface area contributed by atoms with E-state index >= 15 is 0 Å². The Kier molecular flexibility index (Phi) is 4.93. The molecule has 3 aromatic rings. The number of likely N-dealkylation sites (tertiary alicyclic amines) is 1. The molecule has 0 bridgehead atoms. The molecule has 3 heterocycles. The van der Waals surface area contributed by atoms with Gasteiger partial charge in [-0.2, -0.15) is 0 Å². The van der Waals surface area contributed by atoms with Gasteiger partial charge in [0, 0.05) is 36.3 Å². The maximum atomic E-state index is 14.0. The first-order valence-electron chi connectivity index (χ1n) is 9.27. The average molecular weight is 402 g/mol. The van der Waals surface area contributed by atoms with Gasteiger partial charge in [-0.1, -0.05) is 11.6 Å². The number of hydrogen-bond donors (Lipinski definition) is 1. The van der Waals surface area contributed by atoms with E-state index in [4.69, 9.17) is 16.6 Å². The summed E-state index contributed by atoms with van der Waals surface area (Å²) in [6.45, 7) is 5.34. The van der Waals surface area contributed by atoms with Gasteiger partial charge in [0.1, 0.15) is 11.6 Å². The Morgan fingerprint density at radius 3 is 2.93 bits per heavy atom. The Hall–Kier alpha value is -2.67. The van der Waals surface area contributed by atoms with Crippen molar-refractivity contribution >= 4 is 34.4 Å². The van der Waals surface area contributed by atoms with Crippen LogP contribution in [-0.2, 0) is 0 Å². The van der Waals surface area contributed by atoms with Crippen LogP contribution in [-0.4, -0.2) is 38.6 Å². The van der Waals surface area contributed by atoms with Crippen LogP contribution in [0.25, 0.3) is 11.0 Å². The molecule has 0 aliphatic carbocycles. The lowest BCUT2D eigenvalue weighted by Gasteiger charge is -2.19. The monoisotopic (exact) mass is 401 g/mol. The molecule has 0 unspecified atom stereocenters. The number of amides is 2. The number of urea groups is 1. The average Bonchev–Trinajstić information content (AvgIpc) is 3.28. The second-order valence-corrected chi connectivity index (χ2v) is 7.72. The first kappa shape index (κ1) is 18.7. The summed E-state index contributed by atoms with van der Waals surface area (Å²) in [7, 11) is 0. The Bertz CT molecular complexity index is 1030. The highest BCUT2D eigenvalue weighted by Gasteiger charge is 2.31. The van der Waals surface area contributed by atoms with Crippen LogP contribution in [0, 0.1) is 5.82 Å². The minimum atomic E-state index is -0.550. The molecule has 0 saturated carbocycles. The van der Waals surface area contributed by atoms with Gasteiger partial charge in [-0.3, -0.25) is 4.98 Å². The lowest BCUT2D eigenvalue weighted by Crippen LogP contribution is -2.33. The molecular formula is C20H21ClFN5O. The third kappa shape index (κ3) is 3.42. The van der Waals surface area contributed by atoms with Gasteiger partial charge < -0.3 is 14.8 Å². The van der Waals surface area contributed by atoms with Crippen molar-refractivity contribution < 1.29 is 9.18 Å². The van der Waals surface area contributed by atoms with Gasteiger partial charge in [0.25, 0.3) is 0 Å². The van der Waals surface area contributed by atoms with Crippen LogP contribution in [0.2, 0.25) is 5.02 Å². The lowest BCUT2D eigenvalue weighted by atomic mass is 10.1. The number of benzene rings is 1. The van der Waals surface area contributed by atoms with E-state index in [0.29, 0.717) is 18.1 Å². The van der Waals surface area contributed by atoms with E-state index in [0.717, 1.165) is 23.3 Å². The molecule has 146 valence electrons. The van der Waals surface area contributed by atoms with Gasteiger partial charge in [0.15, 0.2) is 0 Å². The fourth-order valence-electron chi connectivity index (χ4n) is 3.73. The van der Waals surface area contributed by atoms with E-state index in [1.807, 2.05) is 12.3 Å². The maximum absolute atomic E-state index is 14.0. The Balaban J connectivity index is 1.53. The number of aromatic nitrogens is 3. The summed E-state index contributed by atoms with van der Waals surface area (Å²) >= 11 is 5.76. The van der Waals surface area contributed by atoms with Crippen molar-refractivity contribution in [3.05, 3.63) is 53.3 Å². The molecule has 1 saturated heterocycles. The number of nitrogens with one attached hydrogen (secondary N) is 1. The number of anilines is 1. The number of pyridine rings is 1. The summed E-state index contributed by atoms with van der Waals surface area (Å²) < 4.78 is 16.2. The van der Waals surface area contributed by atoms with E-state index < -0.39 is 5.82 Å². The van der Waals surface area contributed by atoms with Gasteiger partial charge in [-0.15, -0.1) is 0 Å². The Morgan fingerprint density at radius 1 is 1.36 bits per heavy atom. The predicted octanol–water partition coefficient (Wildman–Crippen LogP) is 4.83. The first-order chi connectivity index (χ1) is 13.4. The Labute approximate surface area is 167 Å². The second kappa shape index (κ2) is 7.39. The van der Waals surface area contributed by atoms with Gasteiger partial charge in [0.05, 0.1) is 22.9 Å². The standard InChI is InChI=1S/C20H21ClFN5O/c1-12(2)27-18-10-23-7-5-17(18)24-19(27)13-6-8-26(11-13)20(28)25-16-4-3-14(21)9-15(16)22/h3-5,7,9-10,12-13H,6,8,11H2,1-2H3,(H,25,28)/t13-/m0/s1. The van der Waals surface area contributed by atoms with E-state index in [9.17, 15) is 9.18 Å². The third-order valence-corrected chi connectivity index (χ3v) is 5.28. The molecular weight excluding hydrogens is 381 g/mol. The molecule has 2 amide bonds. The number of halogens is 2. The normalized spacial score (nSPS) is 16.9. The molecule has 1 aliphatic rings. The van der Waals surface area contributed by atoms with Crippen molar-refractivity contribution in [3.63, 3.8) is 0 Å². The van der Waals surface area contributed by atoms with Crippen LogP contribution < -0.4 is 5.32 Å². The highest BCUT2D eigenvalue weighted by Crippen LogP contribution is 2.32. The highest BCUT2D eigenvalue weighted by atomic mass is 35.5. The molecule has 1 fully saturated rings. The van der Waals surface area contributed by atoms with Gasteiger partial charge in [-0.05, 0) is 44.5 Å². The van der Waals surface area contributed by atoms with Crippen molar-refractivity contribution in [2.45, 2.75) is 32.2 Å². The summed E-state index contributed by atoms with van der Waals surface area (Å²) in [5.74, 6) is 0.535. The largest absolute Gasteiger partial charge is 0.324 e. The predicted molar refractivity (Wildman–Crippen MR) is 107 cm³/mol. The first-order valence-corrected chi connectivity index (χ1v) is 9.64. The molecule has 4 rings (SSSR count). The minimum Gasteiger partial charge on any atom is -0.324 e. The maximum Gasteiger partial charge on any atom is 0.321 e. The number of carbonyl (C=O) groups is 1. The zero-order valence-corrected chi connectivity index (χ0v) is 16.4. The van der Waals surface area contributed by atoms with Crippen molar-refractivity contribution in [2.75, 3.05) is 18.4 Å². The van der Waals surface area contributed by atoms with Gasteiger partial charge in [0.2, 0.25) is 0 Å². The van der Waals surface area contributed by atoms with Crippen molar-refractivity contribution in [1.29, 1.82) is 0 Å². The number of fused-ring (bicyclic) bond motifs is 1. The number of carbonyl (C=O) groups excluding carboxylic acids is 1. The third-order valence-electron chi connectivity index (χ3n) is 5.05. The van der Waals surface area contributed by atoms with Crippen LogP contribution in [0.15, 0.2) is 36.7 Å². The lowest BCUT2D eigenvalue weighted by molar-refractivity contribution is 0.221. The summed E-state index contributed by atoms with van der Waals surface area (Å²) in [4.78, 5) is 23.3. The number of nitrogens with zero attached hydrogens (tertiary/aromatic N) is 4. The summed E-state index contributed by atoms with van der Waals surface area (Å²) in [5.41, 5.74) is 2.03. The molecule has 1 N–H and O–H groups in total. The van der Waals surface area contributed by atoms with E-state index in [1.165, 1.54) is 12.1 Å². The fraction of sp³-hybridized carbons (Fsp3) is 0.350. The molecule has 28 heavy (non-hydrogen) atoms. The molecule has 6 nitrogen and oxygen atoms in total. The molecule has 1 aromatic carbocycles. The van der Waals surface area contributed by atoms with Crippen molar-refractivity contribution in [2.24, 2.45) is 0 Å². The summed E-state index contributed by atoms with van der Waals surface area (Å²) in [6, 6.07) is 6.01. The highest BCUT2D eigenvalue weighted by molar-refractivity contribution is 6.30. The zero-order valence-electron chi connectivity index (χ0n) is 15.7. The molecule has 0 spiro atoms. The van der Waals surface area contributed by atoms with Crippen molar-refractivity contribution in [3.8, 4) is 0 Å². The van der Waals surface area contributed by atoms with Gasteiger partial charge >= 0.3 is 6.03 Å². The molecule has 1 atom stereocenters. The smallest absolute Gasteiger partial charge is 0.321 e.